The van der Waals surface area contributed by atoms with Gasteiger partial charge in [0.2, 0.25) is 0 Å². The number of nitrogens with one attached hydrogen (secondary N) is 1. The third-order valence-electron chi connectivity index (χ3n) is 2.00. The maximum atomic E-state index is 5.31. The lowest BCUT2D eigenvalue weighted by atomic mass is 10.1. The van der Waals surface area contributed by atoms with Gasteiger partial charge in [0, 0.05) is 35.0 Å². The lowest BCUT2D eigenvalue weighted by Gasteiger charge is -2.27. The Morgan fingerprint density at radius 2 is 2.50 bits per heavy atom. The molecule has 0 aromatic carbocycles. The van der Waals surface area contributed by atoms with Gasteiger partial charge >= 0.3 is 0 Å². The zero-order chi connectivity index (χ0) is 8.81. The molecular weight excluding hydrogens is 186 g/mol. The fraction of sp³-hybridized carbons (Fsp3) is 0.778. The molecule has 1 aliphatic rings. The average Bonchev–Trinajstić information content (AvgIpc) is 2.15. The van der Waals surface area contributed by atoms with Crippen LogP contribution in [0.1, 0.15) is 6.42 Å². The highest BCUT2D eigenvalue weighted by Crippen LogP contribution is 2.27. The normalized spacial score (nSPS) is 26.2. The van der Waals surface area contributed by atoms with Crippen LogP contribution < -0.4 is 5.32 Å². The molecule has 0 aliphatic carbocycles. The topological polar surface area (TPSA) is 12.0 Å². The SMILES string of the molecule is C#CCC(NC)C1CSCCS1. The molecule has 1 heterocycles. The third-order valence-corrected chi connectivity index (χ3v) is 4.92. The van der Waals surface area contributed by atoms with Gasteiger partial charge in [0.25, 0.3) is 0 Å². The van der Waals surface area contributed by atoms with Crippen LogP contribution in [-0.2, 0) is 0 Å². The second-order valence-corrected chi connectivity index (χ2v) is 5.28. The van der Waals surface area contributed by atoms with Gasteiger partial charge in [-0.1, -0.05) is 0 Å². The molecule has 0 amide bonds. The molecule has 1 N–H and O–H groups in total. The van der Waals surface area contributed by atoms with Crippen LogP contribution in [0.2, 0.25) is 0 Å². The van der Waals surface area contributed by atoms with E-state index >= 15 is 0 Å². The molecule has 3 heteroatoms. The van der Waals surface area contributed by atoms with Crippen molar-refractivity contribution in [1.29, 1.82) is 0 Å². The minimum absolute atomic E-state index is 0.507. The fourth-order valence-corrected chi connectivity index (χ4v) is 4.21. The molecule has 1 aliphatic heterocycles. The van der Waals surface area contributed by atoms with Gasteiger partial charge in [-0.25, -0.2) is 0 Å². The van der Waals surface area contributed by atoms with Gasteiger partial charge in [-0.05, 0) is 7.05 Å². The summed E-state index contributed by atoms with van der Waals surface area (Å²) in [6.07, 6.45) is 6.16. The lowest BCUT2D eigenvalue weighted by molar-refractivity contribution is 0.573. The van der Waals surface area contributed by atoms with Crippen LogP contribution in [0, 0.1) is 12.3 Å². The van der Waals surface area contributed by atoms with Crippen LogP contribution in [0.25, 0.3) is 0 Å². The summed E-state index contributed by atoms with van der Waals surface area (Å²) in [6.45, 7) is 0. The summed E-state index contributed by atoms with van der Waals surface area (Å²) in [4.78, 5) is 0. The maximum absolute atomic E-state index is 5.31. The summed E-state index contributed by atoms with van der Waals surface area (Å²) in [7, 11) is 2.00. The van der Waals surface area contributed by atoms with Crippen LogP contribution in [0.3, 0.4) is 0 Å². The first-order valence-electron chi connectivity index (χ1n) is 4.18. The Morgan fingerprint density at radius 1 is 1.67 bits per heavy atom. The Kier molecular flexibility index (Phi) is 4.98. The van der Waals surface area contributed by atoms with E-state index < -0.39 is 0 Å². The number of hydrogen-bond donors (Lipinski definition) is 1. The van der Waals surface area contributed by atoms with Gasteiger partial charge in [0.1, 0.15) is 0 Å². The molecular formula is C9H15NS2. The Hall–Kier alpha value is 0.220. The maximum Gasteiger partial charge on any atom is 0.0301 e. The molecule has 0 radical (unpaired) electrons. The first kappa shape index (κ1) is 10.3. The van der Waals surface area contributed by atoms with Crippen LogP contribution in [0.4, 0.5) is 0 Å². The van der Waals surface area contributed by atoms with Crippen LogP contribution in [0.15, 0.2) is 0 Å². The van der Waals surface area contributed by atoms with E-state index in [-0.39, 0.29) is 0 Å². The van der Waals surface area contributed by atoms with Gasteiger partial charge in [-0.3, -0.25) is 0 Å². The molecule has 2 atom stereocenters. The second kappa shape index (κ2) is 5.80. The lowest BCUT2D eigenvalue weighted by Crippen LogP contribution is -2.38. The van der Waals surface area contributed by atoms with E-state index in [2.05, 4.69) is 23.0 Å². The van der Waals surface area contributed by atoms with E-state index in [0.29, 0.717) is 11.3 Å². The van der Waals surface area contributed by atoms with Crippen molar-refractivity contribution >= 4 is 23.5 Å². The van der Waals surface area contributed by atoms with Crippen LogP contribution in [-0.4, -0.2) is 35.6 Å². The fourth-order valence-electron chi connectivity index (χ4n) is 1.28. The highest BCUT2D eigenvalue weighted by Gasteiger charge is 2.22. The minimum atomic E-state index is 0.507. The molecule has 0 saturated carbocycles. The van der Waals surface area contributed by atoms with Crippen molar-refractivity contribution in [1.82, 2.24) is 5.32 Å². The first-order chi connectivity index (χ1) is 5.88. The number of rotatable bonds is 3. The molecule has 68 valence electrons. The Bertz CT molecular complexity index is 158. The molecule has 1 rings (SSSR count). The average molecular weight is 201 g/mol. The molecule has 0 bridgehead atoms. The van der Waals surface area contributed by atoms with Crippen LogP contribution >= 0.6 is 23.5 Å². The number of hydrogen-bond acceptors (Lipinski definition) is 3. The Balaban J connectivity index is 2.36. The predicted octanol–water partition coefficient (Wildman–Crippen LogP) is 1.45. The van der Waals surface area contributed by atoms with Crippen molar-refractivity contribution in [3.05, 3.63) is 0 Å². The monoisotopic (exact) mass is 201 g/mol. The third kappa shape index (κ3) is 2.93. The van der Waals surface area contributed by atoms with Crippen molar-refractivity contribution in [2.24, 2.45) is 0 Å². The molecule has 0 aromatic rings. The predicted molar refractivity (Wildman–Crippen MR) is 59.9 cm³/mol. The van der Waals surface area contributed by atoms with E-state index in [1.807, 2.05) is 18.8 Å². The molecule has 0 spiro atoms. The van der Waals surface area contributed by atoms with Crippen molar-refractivity contribution in [2.45, 2.75) is 17.7 Å². The zero-order valence-electron chi connectivity index (χ0n) is 7.38. The smallest absolute Gasteiger partial charge is 0.0301 e. The molecule has 2 unspecified atom stereocenters. The van der Waals surface area contributed by atoms with Crippen molar-refractivity contribution < 1.29 is 0 Å². The highest BCUT2D eigenvalue weighted by molar-refractivity contribution is 8.06. The molecule has 0 aromatic heterocycles. The number of terminal acetylenes is 1. The van der Waals surface area contributed by atoms with Gasteiger partial charge in [-0.2, -0.15) is 23.5 Å². The second-order valence-electron chi connectivity index (χ2n) is 2.79. The van der Waals surface area contributed by atoms with E-state index in [9.17, 15) is 0 Å². The quantitative estimate of drug-likeness (QED) is 0.694. The van der Waals surface area contributed by atoms with Crippen molar-refractivity contribution in [2.75, 3.05) is 24.3 Å². The summed E-state index contributed by atoms with van der Waals surface area (Å²) < 4.78 is 0. The zero-order valence-corrected chi connectivity index (χ0v) is 9.01. The van der Waals surface area contributed by atoms with E-state index in [0.717, 1.165) is 6.42 Å². The molecule has 1 saturated heterocycles. The Morgan fingerprint density at radius 3 is 3.00 bits per heavy atom. The summed E-state index contributed by atoms with van der Waals surface area (Å²) in [6, 6.07) is 0.507. The van der Waals surface area contributed by atoms with Crippen LogP contribution in [0.5, 0.6) is 0 Å². The van der Waals surface area contributed by atoms with E-state index in [1.165, 1.54) is 17.3 Å². The minimum Gasteiger partial charge on any atom is -0.315 e. The molecule has 12 heavy (non-hydrogen) atoms. The van der Waals surface area contributed by atoms with Crippen molar-refractivity contribution in [3.8, 4) is 12.3 Å². The molecule has 1 nitrogen and oxygen atoms in total. The standard InChI is InChI=1S/C9H15NS2/c1-3-4-8(10-2)9-7-11-5-6-12-9/h1,8-10H,4-7H2,2H3. The van der Waals surface area contributed by atoms with E-state index in [4.69, 9.17) is 6.42 Å². The summed E-state index contributed by atoms with van der Waals surface area (Å²) in [5.74, 6) is 6.55. The largest absolute Gasteiger partial charge is 0.315 e. The number of thioether (sulfide) groups is 2. The highest BCUT2D eigenvalue weighted by atomic mass is 32.2. The summed E-state index contributed by atoms with van der Waals surface area (Å²) in [5.41, 5.74) is 0. The van der Waals surface area contributed by atoms with Gasteiger partial charge in [-0.15, -0.1) is 12.3 Å². The van der Waals surface area contributed by atoms with Gasteiger partial charge in [0.05, 0.1) is 0 Å². The Labute approximate surface area is 83.4 Å². The molecule has 1 fully saturated rings. The van der Waals surface area contributed by atoms with Gasteiger partial charge < -0.3 is 5.32 Å². The van der Waals surface area contributed by atoms with E-state index in [1.54, 1.807) is 0 Å². The summed E-state index contributed by atoms with van der Waals surface area (Å²) in [5, 5.41) is 4.01. The summed E-state index contributed by atoms with van der Waals surface area (Å²) >= 11 is 4.10. The van der Waals surface area contributed by atoms with Gasteiger partial charge in [0.15, 0.2) is 0 Å². The first-order valence-corrected chi connectivity index (χ1v) is 6.39. The van der Waals surface area contributed by atoms with Crippen molar-refractivity contribution in [3.63, 3.8) is 0 Å².